The van der Waals surface area contributed by atoms with Gasteiger partial charge in [0.15, 0.2) is 0 Å². The quantitative estimate of drug-likeness (QED) is 0.705. The maximum atomic E-state index is 8.81. The van der Waals surface area contributed by atoms with Crippen LogP contribution in [0.15, 0.2) is 48.3 Å². The summed E-state index contributed by atoms with van der Waals surface area (Å²) in [7, 11) is 0. The van der Waals surface area contributed by atoms with Gasteiger partial charge in [-0.1, -0.05) is 35.8 Å². The molecule has 4 rings (SSSR count). The lowest BCUT2D eigenvalue weighted by molar-refractivity contribution is 0.318. The molecule has 118 valence electrons. The minimum atomic E-state index is -3.02. The van der Waals surface area contributed by atoms with Crippen molar-refractivity contribution in [2.75, 3.05) is 13.0 Å². The molecule has 0 amide bonds. The Morgan fingerprint density at radius 3 is 2.65 bits per heavy atom. The lowest BCUT2D eigenvalue weighted by atomic mass is 10.2. The van der Waals surface area contributed by atoms with Crippen LogP contribution in [0.2, 0.25) is 5.02 Å². The monoisotopic (exact) mass is 339 g/mol. The number of imidazole rings is 1. The first kappa shape index (κ1) is 5.91. The molecule has 1 fully saturated rings. The molecule has 1 saturated heterocycles. The minimum absolute atomic E-state index is 0.282. The lowest BCUT2D eigenvalue weighted by Gasteiger charge is -2.16. The zero-order chi connectivity index (χ0) is 28.0. The van der Waals surface area contributed by atoms with Crippen LogP contribution < -0.4 is 0 Å². The molecule has 1 aliphatic heterocycles. The molecule has 0 spiro atoms. The SMILES string of the molecule is [2H]c1c([2H])c(Cn2c(C([2H])([2H])N3C([2H])([2H])CCC3([2H])[2H])nc3c([2H])c([2H])c([2H])c([2H])c32)c([2H])c([2H])c1Cl. The largest absolute Gasteiger partial charge is 0.322 e. The molecular formula is C19H20ClN3. The summed E-state index contributed by atoms with van der Waals surface area (Å²) in [5, 5.41) is -0.440. The van der Waals surface area contributed by atoms with Crippen LogP contribution >= 0.6 is 11.6 Å². The van der Waals surface area contributed by atoms with Gasteiger partial charge in [0.25, 0.3) is 0 Å². The molecule has 4 heteroatoms. The average Bonchev–Trinajstić information content (AvgIpc) is 3.30. The molecule has 0 bridgehead atoms. The third-order valence-corrected chi connectivity index (χ3v) is 3.42. The normalized spacial score (nSPS) is 29.3. The standard InChI is InChI=1S/C19H20ClN3/c20-16-9-7-15(8-10-16)13-23-18-6-2-1-5-17(18)21-19(23)14-22-11-3-4-12-22/h1-2,5-10H,3-4,11-14H2/i1D,2D,5D,6D,7D,8D,9D,10D,11D2,12D2,14D2. The summed E-state index contributed by atoms with van der Waals surface area (Å²) in [6.45, 7) is -8.60. The van der Waals surface area contributed by atoms with Crippen molar-refractivity contribution >= 4 is 22.6 Å². The number of nitrogens with zero attached hydrogens (tertiary/aromatic N) is 3. The Bertz CT molecular complexity index is 1410. The smallest absolute Gasteiger partial charge is 0.124 e. The fourth-order valence-electron chi connectivity index (χ4n) is 2.22. The maximum Gasteiger partial charge on any atom is 0.124 e. The van der Waals surface area contributed by atoms with Gasteiger partial charge in [-0.3, -0.25) is 4.90 Å². The van der Waals surface area contributed by atoms with Gasteiger partial charge >= 0.3 is 0 Å². The molecule has 0 radical (unpaired) electrons. The molecule has 3 aromatic rings. The third kappa shape index (κ3) is 3.12. The van der Waals surface area contributed by atoms with Crippen molar-refractivity contribution < 1.29 is 19.2 Å². The number of likely N-dealkylation sites (tertiary alicyclic amines) is 1. The second kappa shape index (κ2) is 6.34. The van der Waals surface area contributed by atoms with Gasteiger partial charge in [-0.15, -0.1) is 0 Å². The summed E-state index contributed by atoms with van der Waals surface area (Å²) in [5.74, 6) is -0.684. The minimum Gasteiger partial charge on any atom is -0.322 e. The van der Waals surface area contributed by atoms with Gasteiger partial charge in [0, 0.05) is 17.1 Å². The Balaban J connectivity index is 2.10. The number of rotatable bonds is 4. The van der Waals surface area contributed by atoms with Crippen LogP contribution in [0.4, 0.5) is 0 Å². The van der Waals surface area contributed by atoms with Gasteiger partial charge in [-0.2, -0.15) is 0 Å². The molecule has 0 atom stereocenters. The van der Waals surface area contributed by atoms with E-state index in [-0.39, 0.29) is 29.4 Å². The van der Waals surface area contributed by atoms with E-state index in [9.17, 15) is 0 Å². The van der Waals surface area contributed by atoms with Crippen LogP contribution in [-0.4, -0.2) is 27.4 Å². The molecule has 1 aromatic heterocycles. The number of hydrogen-bond donors (Lipinski definition) is 0. The van der Waals surface area contributed by atoms with E-state index in [4.69, 9.17) is 30.8 Å². The molecule has 2 aromatic carbocycles. The van der Waals surface area contributed by atoms with Crippen molar-refractivity contribution in [3.63, 3.8) is 0 Å². The Morgan fingerprint density at radius 1 is 1.13 bits per heavy atom. The van der Waals surface area contributed by atoms with E-state index in [1.54, 1.807) is 0 Å². The van der Waals surface area contributed by atoms with Gasteiger partial charge < -0.3 is 4.57 Å². The predicted octanol–water partition coefficient (Wildman–Crippen LogP) is 4.33. The van der Waals surface area contributed by atoms with Crippen molar-refractivity contribution in [1.82, 2.24) is 14.5 Å². The van der Waals surface area contributed by atoms with Crippen LogP contribution in [0.1, 0.15) is 43.4 Å². The molecule has 0 saturated carbocycles. The number of benzene rings is 2. The van der Waals surface area contributed by atoms with E-state index < -0.39 is 85.2 Å². The van der Waals surface area contributed by atoms with Crippen molar-refractivity contribution in [1.29, 1.82) is 0 Å². The summed E-state index contributed by atoms with van der Waals surface area (Å²) in [5.41, 5.74) is -0.984. The van der Waals surface area contributed by atoms with Gasteiger partial charge in [0.2, 0.25) is 0 Å². The van der Waals surface area contributed by atoms with E-state index in [0.29, 0.717) is 4.90 Å². The highest BCUT2D eigenvalue weighted by Crippen LogP contribution is 2.21. The van der Waals surface area contributed by atoms with E-state index >= 15 is 0 Å². The van der Waals surface area contributed by atoms with Crippen molar-refractivity contribution in [2.45, 2.75) is 25.9 Å². The van der Waals surface area contributed by atoms with Gasteiger partial charge in [-0.25, -0.2) is 4.98 Å². The van der Waals surface area contributed by atoms with E-state index in [1.807, 2.05) is 0 Å². The number of hydrogen-bond acceptors (Lipinski definition) is 2. The van der Waals surface area contributed by atoms with Crippen LogP contribution in [0.3, 0.4) is 0 Å². The first-order valence-electron chi connectivity index (χ1n) is 13.9. The summed E-state index contributed by atoms with van der Waals surface area (Å²) >= 11 is 5.89. The highest BCUT2D eigenvalue weighted by molar-refractivity contribution is 6.30. The Labute approximate surface area is 161 Å². The van der Waals surface area contributed by atoms with Crippen molar-refractivity contribution in [3.05, 3.63) is 64.7 Å². The summed E-state index contributed by atoms with van der Waals surface area (Å²) in [6, 6.07) is -4.83. The Morgan fingerprint density at radius 2 is 1.87 bits per heavy atom. The second-order valence-corrected chi connectivity index (χ2v) is 5.15. The van der Waals surface area contributed by atoms with Crippen LogP contribution in [-0.2, 0) is 13.0 Å². The molecular weight excluding hydrogens is 306 g/mol. The van der Waals surface area contributed by atoms with Gasteiger partial charge in [0.1, 0.15) is 5.82 Å². The zero-order valence-electron chi connectivity index (χ0n) is 25.8. The van der Waals surface area contributed by atoms with Crippen LogP contribution in [0, 0.1) is 0 Å². The maximum absolute atomic E-state index is 8.81. The van der Waals surface area contributed by atoms with Crippen molar-refractivity contribution in [2.24, 2.45) is 0 Å². The Kier molecular flexibility index (Phi) is 1.63. The van der Waals surface area contributed by atoms with Gasteiger partial charge in [-0.05, 0) is 55.6 Å². The molecule has 2 heterocycles. The molecule has 0 N–H and O–H groups in total. The summed E-state index contributed by atoms with van der Waals surface area (Å²) in [6.07, 6.45) is -0.674. The van der Waals surface area contributed by atoms with E-state index in [0.717, 1.165) is 4.57 Å². The van der Waals surface area contributed by atoms with Gasteiger partial charge in [0.05, 0.1) is 31.2 Å². The predicted molar refractivity (Wildman–Crippen MR) is 94.8 cm³/mol. The molecule has 0 unspecified atom stereocenters. The number of halogens is 1. The van der Waals surface area contributed by atoms with E-state index in [1.165, 1.54) is 0 Å². The number of para-hydroxylation sites is 2. The Hall–Kier alpha value is -1.84. The first-order valence-corrected chi connectivity index (χ1v) is 7.26. The zero-order valence-corrected chi connectivity index (χ0v) is 12.6. The fraction of sp³-hybridized carbons (Fsp3) is 0.316. The molecule has 1 aliphatic rings. The van der Waals surface area contributed by atoms with Crippen molar-refractivity contribution in [3.8, 4) is 0 Å². The lowest BCUT2D eigenvalue weighted by Crippen LogP contribution is -2.21. The van der Waals surface area contributed by atoms with Crippen LogP contribution in [0.5, 0.6) is 0 Å². The third-order valence-electron chi connectivity index (χ3n) is 3.23. The van der Waals surface area contributed by atoms with Crippen LogP contribution in [0.25, 0.3) is 11.0 Å². The summed E-state index contributed by atoms with van der Waals surface area (Å²) in [4.78, 5) is 4.46. The number of fused-ring (bicyclic) bond motifs is 1. The molecule has 3 nitrogen and oxygen atoms in total. The molecule has 0 aliphatic carbocycles. The first-order chi connectivity index (χ1) is 16.9. The number of aromatic nitrogens is 2. The highest BCUT2D eigenvalue weighted by atomic mass is 35.5. The fourth-order valence-corrected chi connectivity index (χ4v) is 2.31. The summed E-state index contributed by atoms with van der Waals surface area (Å²) < 4.78 is 117. The molecule has 23 heavy (non-hydrogen) atoms. The average molecular weight is 340 g/mol. The highest BCUT2D eigenvalue weighted by Gasteiger charge is 2.17. The second-order valence-electron chi connectivity index (χ2n) is 4.77. The van der Waals surface area contributed by atoms with E-state index in [2.05, 4.69) is 4.98 Å². The topological polar surface area (TPSA) is 21.1 Å².